The van der Waals surface area contributed by atoms with Crippen LogP contribution in [0.5, 0.6) is 5.75 Å². The van der Waals surface area contributed by atoms with E-state index >= 15 is 0 Å². The van der Waals surface area contributed by atoms with Gasteiger partial charge in [0.05, 0.1) is 21.2 Å². The molecular weight excluding hydrogens is 515 g/mol. The van der Waals surface area contributed by atoms with Crippen LogP contribution in [0.2, 0.25) is 5.02 Å². The van der Waals surface area contributed by atoms with Gasteiger partial charge in [-0.15, -0.1) is 11.8 Å². The standard InChI is InChI=1S/C22H25ClF3NO5S2/c1-14-10-16(4-7-20(14)32-13-21(28)29)33-15(2)12-27-8-3-9-34(30,31)17-5-6-19(23)18(11-17)22(24,25)26/h4-7,10-11,15,27H,3,8-9,12-13H2,1-2H3,(H,28,29). The first kappa shape index (κ1) is 28.3. The number of aliphatic carboxylic acids is 1. The van der Waals surface area contributed by atoms with Crippen molar-refractivity contribution in [2.24, 2.45) is 0 Å². The van der Waals surface area contributed by atoms with E-state index in [9.17, 15) is 26.4 Å². The summed E-state index contributed by atoms with van der Waals surface area (Å²) in [5.74, 6) is -0.844. The summed E-state index contributed by atoms with van der Waals surface area (Å²) in [6.45, 7) is 4.36. The lowest BCUT2D eigenvalue weighted by Gasteiger charge is -2.14. The summed E-state index contributed by atoms with van der Waals surface area (Å²) in [6.07, 6.45) is -4.50. The largest absolute Gasteiger partial charge is 0.482 e. The molecule has 0 aliphatic heterocycles. The van der Waals surface area contributed by atoms with Crippen LogP contribution in [-0.2, 0) is 20.8 Å². The Labute approximate surface area is 205 Å². The van der Waals surface area contributed by atoms with Crippen molar-refractivity contribution in [3.05, 3.63) is 52.5 Å². The molecular formula is C22H25ClF3NO5S2. The Bertz CT molecular complexity index is 1110. The normalized spacial score (nSPS) is 13.0. The van der Waals surface area contributed by atoms with Gasteiger partial charge in [0.2, 0.25) is 0 Å². The molecule has 0 spiro atoms. The molecule has 2 rings (SSSR count). The van der Waals surface area contributed by atoms with E-state index in [4.69, 9.17) is 21.4 Å². The van der Waals surface area contributed by atoms with Crippen molar-refractivity contribution in [2.45, 2.75) is 41.5 Å². The molecule has 0 fully saturated rings. The number of nitrogens with one attached hydrogen (secondary N) is 1. The lowest BCUT2D eigenvalue weighted by Crippen LogP contribution is -2.25. The smallest absolute Gasteiger partial charge is 0.417 e. The second-order valence-electron chi connectivity index (χ2n) is 7.55. The van der Waals surface area contributed by atoms with Gasteiger partial charge in [0.15, 0.2) is 16.4 Å². The van der Waals surface area contributed by atoms with Gasteiger partial charge in [0, 0.05) is 16.7 Å². The number of hydrogen-bond donors (Lipinski definition) is 2. The molecule has 0 saturated heterocycles. The fourth-order valence-corrected chi connectivity index (χ4v) is 5.61. The zero-order valence-electron chi connectivity index (χ0n) is 18.5. The minimum Gasteiger partial charge on any atom is -0.482 e. The van der Waals surface area contributed by atoms with Crippen molar-refractivity contribution in [1.82, 2.24) is 5.32 Å². The Morgan fingerprint density at radius 2 is 1.94 bits per heavy atom. The van der Waals surface area contributed by atoms with Crippen LogP contribution in [0.25, 0.3) is 0 Å². The molecule has 0 aromatic heterocycles. The maximum Gasteiger partial charge on any atom is 0.417 e. The molecule has 2 aromatic rings. The third-order valence-electron chi connectivity index (χ3n) is 4.64. The quantitative estimate of drug-likeness (QED) is 0.287. The molecule has 0 bridgehead atoms. The SMILES string of the molecule is Cc1cc(SC(C)CNCCCS(=O)(=O)c2ccc(Cl)c(C(F)(F)F)c2)ccc1OCC(=O)O. The number of alkyl halides is 3. The highest BCUT2D eigenvalue weighted by Gasteiger charge is 2.34. The van der Waals surface area contributed by atoms with Gasteiger partial charge in [0.25, 0.3) is 0 Å². The molecule has 6 nitrogen and oxygen atoms in total. The number of aryl methyl sites for hydroxylation is 1. The van der Waals surface area contributed by atoms with Gasteiger partial charge in [-0.3, -0.25) is 0 Å². The van der Waals surface area contributed by atoms with Crippen LogP contribution in [0.3, 0.4) is 0 Å². The number of halogens is 4. The number of carboxylic acids is 1. The Balaban J connectivity index is 1.80. The Morgan fingerprint density at radius 3 is 2.56 bits per heavy atom. The van der Waals surface area contributed by atoms with Gasteiger partial charge >= 0.3 is 12.1 Å². The number of sulfone groups is 1. The summed E-state index contributed by atoms with van der Waals surface area (Å²) in [6, 6.07) is 8.04. The Kier molecular flexibility index (Phi) is 10.1. The molecule has 1 atom stereocenters. The van der Waals surface area contributed by atoms with Gasteiger partial charge in [-0.25, -0.2) is 13.2 Å². The van der Waals surface area contributed by atoms with Crippen LogP contribution in [0, 0.1) is 6.92 Å². The molecule has 0 heterocycles. The molecule has 0 aliphatic carbocycles. The van der Waals surface area contributed by atoms with Gasteiger partial charge in [-0.2, -0.15) is 13.2 Å². The van der Waals surface area contributed by atoms with Crippen molar-refractivity contribution in [1.29, 1.82) is 0 Å². The van der Waals surface area contributed by atoms with Crippen molar-refractivity contribution in [3.8, 4) is 5.75 Å². The lowest BCUT2D eigenvalue weighted by molar-refractivity contribution is -0.139. The number of ether oxygens (including phenoxy) is 1. The Hall–Kier alpha value is -1.95. The van der Waals surface area contributed by atoms with E-state index in [-0.39, 0.29) is 17.4 Å². The number of carboxylic acid groups (broad SMARTS) is 1. The van der Waals surface area contributed by atoms with E-state index in [1.165, 1.54) is 0 Å². The van der Waals surface area contributed by atoms with E-state index in [0.29, 0.717) is 24.9 Å². The molecule has 0 amide bonds. The minimum atomic E-state index is -4.73. The molecule has 2 aromatic carbocycles. The fourth-order valence-electron chi connectivity index (χ4n) is 3.00. The number of rotatable bonds is 12. The fraction of sp³-hybridized carbons (Fsp3) is 0.409. The summed E-state index contributed by atoms with van der Waals surface area (Å²) in [4.78, 5) is 11.2. The summed E-state index contributed by atoms with van der Waals surface area (Å²) in [5, 5.41) is 11.5. The predicted molar refractivity (Wildman–Crippen MR) is 126 cm³/mol. The van der Waals surface area contributed by atoms with Crippen molar-refractivity contribution >= 4 is 39.2 Å². The van der Waals surface area contributed by atoms with Crippen LogP contribution in [0.1, 0.15) is 24.5 Å². The van der Waals surface area contributed by atoms with E-state index in [0.717, 1.165) is 22.6 Å². The molecule has 0 radical (unpaired) electrons. The average Bonchev–Trinajstić information content (AvgIpc) is 2.72. The second-order valence-corrected chi connectivity index (χ2v) is 11.6. The predicted octanol–water partition coefficient (Wildman–Crippen LogP) is 5.06. The van der Waals surface area contributed by atoms with Crippen molar-refractivity contribution < 1.29 is 36.2 Å². The molecule has 0 aliphatic rings. The number of thioether (sulfide) groups is 1. The maximum absolute atomic E-state index is 13.0. The lowest BCUT2D eigenvalue weighted by atomic mass is 10.2. The first-order valence-electron chi connectivity index (χ1n) is 10.2. The molecule has 34 heavy (non-hydrogen) atoms. The number of benzene rings is 2. The van der Waals surface area contributed by atoms with E-state index in [1.807, 2.05) is 26.0 Å². The summed E-state index contributed by atoms with van der Waals surface area (Å²) in [7, 11) is -3.88. The first-order valence-corrected chi connectivity index (χ1v) is 13.1. The van der Waals surface area contributed by atoms with Gasteiger partial charge in [-0.05, 0) is 61.9 Å². The first-order chi connectivity index (χ1) is 15.8. The Morgan fingerprint density at radius 1 is 1.24 bits per heavy atom. The van der Waals surface area contributed by atoms with Crippen LogP contribution in [-0.4, -0.2) is 50.2 Å². The van der Waals surface area contributed by atoms with Crippen molar-refractivity contribution in [3.63, 3.8) is 0 Å². The molecule has 2 N–H and O–H groups in total. The van der Waals surface area contributed by atoms with Crippen LogP contribution in [0.4, 0.5) is 13.2 Å². The third kappa shape index (κ3) is 8.68. The van der Waals surface area contributed by atoms with Gasteiger partial charge in [-0.1, -0.05) is 18.5 Å². The molecule has 188 valence electrons. The zero-order chi connectivity index (χ0) is 25.5. The van der Waals surface area contributed by atoms with E-state index in [2.05, 4.69) is 5.32 Å². The highest BCUT2D eigenvalue weighted by atomic mass is 35.5. The molecule has 12 heteroatoms. The van der Waals surface area contributed by atoms with Crippen LogP contribution in [0.15, 0.2) is 46.2 Å². The topological polar surface area (TPSA) is 92.7 Å². The summed E-state index contributed by atoms with van der Waals surface area (Å²) >= 11 is 7.14. The van der Waals surface area contributed by atoms with Gasteiger partial charge in [0.1, 0.15) is 5.75 Å². The monoisotopic (exact) mass is 539 g/mol. The second kappa shape index (κ2) is 12.1. The number of hydrogen-bond acceptors (Lipinski definition) is 6. The van der Waals surface area contributed by atoms with Crippen LogP contribution < -0.4 is 10.1 Å². The third-order valence-corrected chi connectivity index (χ3v) is 7.86. The van der Waals surface area contributed by atoms with E-state index < -0.39 is 44.1 Å². The van der Waals surface area contributed by atoms with E-state index in [1.54, 1.807) is 17.8 Å². The summed E-state index contributed by atoms with van der Waals surface area (Å²) < 4.78 is 69.0. The molecule has 0 saturated carbocycles. The highest BCUT2D eigenvalue weighted by Crippen LogP contribution is 2.36. The van der Waals surface area contributed by atoms with Gasteiger partial charge < -0.3 is 15.2 Å². The summed E-state index contributed by atoms with van der Waals surface area (Å²) in [5.41, 5.74) is -0.358. The van der Waals surface area contributed by atoms with Crippen LogP contribution >= 0.6 is 23.4 Å². The number of carbonyl (C=O) groups is 1. The average molecular weight is 540 g/mol. The zero-order valence-corrected chi connectivity index (χ0v) is 20.9. The molecule has 1 unspecified atom stereocenters. The van der Waals surface area contributed by atoms with Crippen molar-refractivity contribution in [2.75, 3.05) is 25.4 Å². The maximum atomic E-state index is 13.0. The minimum absolute atomic E-state index is 0.146. The highest BCUT2D eigenvalue weighted by molar-refractivity contribution is 8.00.